The fourth-order valence-electron chi connectivity index (χ4n) is 1.77. The SMILES string of the molecule is O=C(CCCCl)NCC1CN(c2cccs2)C(=O)O1. The summed E-state index contributed by atoms with van der Waals surface area (Å²) < 4.78 is 5.21. The van der Waals surface area contributed by atoms with Crippen LogP contribution in [0.5, 0.6) is 0 Å². The molecule has 1 aromatic rings. The van der Waals surface area contributed by atoms with E-state index in [1.807, 2.05) is 17.5 Å². The van der Waals surface area contributed by atoms with Crippen molar-refractivity contribution in [3.63, 3.8) is 0 Å². The Hall–Kier alpha value is -1.27. The molecule has 1 fully saturated rings. The highest BCUT2D eigenvalue weighted by Gasteiger charge is 2.32. The molecule has 19 heavy (non-hydrogen) atoms. The largest absolute Gasteiger partial charge is 0.442 e. The van der Waals surface area contributed by atoms with Gasteiger partial charge in [0.15, 0.2) is 0 Å². The number of alkyl halides is 1. The third kappa shape index (κ3) is 3.84. The third-order valence-electron chi connectivity index (χ3n) is 2.71. The first-order valence-electron chi connectivity index (χ1n) is 6.05. The van der Waals surface area contributed by atoms with E-state index in [0.29, 0.717) is 31.8 Å². The molecule has 0 radical (unpaired) electrons. The summed E-state index contributed by atoms with van der Waals surface area (Å²) in [6.45, 7) is 0.809. The minimum atomic E-state index is -0.359. The summed E-state index contributed by atoms with van der Waals surface area (Å²) in [7, 11) is 0. The molecule has 2 heterocycles. The van der Waals surface area contributed by atoms with Crippen LogP contribution in [-0.2, 0) is 9.53 Å². The average Bonchev–Trinajstić information content (AvgIpc) is 3.02. The summed E-state index contributed by atoms with van der Waals surface area (Å²) in [5.74, 6) is 0.407. The highest BCUT2D eigenvalue weighted by Crippen LogP contribution is 2.25. The molecule has 0 aromatic carbocycles. The van der Waals surface area contributed by atoms with Crippen LogP contribution in [0.4, 0.5) is 9.80 Å². The Bertz CT molecular complexity index is 438. The van der Waals surface area contributed by atoms with E-state index in [1.54, 1.807) is 4.90 Å². The van der Waals surface area contributed by atoms with Crippen LogP contribution >= 0.6 is 22.9 Å². The zero-order valence-electron chi connectivity index (χ0n) is 10.3. The molecule has 1 aliphatic rings. The number of rotatable bonds is 6. The first kappa shape index (κ1) is 14.1. The van der Waals surface area contributed by atoms with Gasteiger partial charge in [-0.1, -0.05) is 0 Å². The van der Waals surface area contributed by atoms with E-state index in [-0.39, 0.29) is 18.1 Å². The molecule has 1 unspecified atom stereocenters. The Morgan fingerprint density at radius 1 is 1.63 bits per heavy atom. The van der Waals surface area contributed by atoms with Gasteiger partial charge in [0.1, 0.15) is 11.1 Å². The number of ether oxygens (including phenoxy) is 1. The van der Waals surface area contributed by atoms with E-state index in [2.05, 4.69) is 5.32 Å². The number of carbonyl (C=O) groups excluding carboxylic acids is 2. The predicted molar refractivity (Wildman–Crippen MR) is 74.9 cm³/mol. The molecule has 5 nitrogen and oxygen atoms in total. The number of hydrogen-bond acceptors (Lipinski definition) is 4. The molecular formula is C12H15ClN2O3S. The summed E-state index contributed by atoms with van der Waals surface area (Å²) in [6, 6.07) is 3.75. The Morgan fingerprint density at radius 3 is 3.16 bits per heavy atom. The van der Waals surface area contributed by atoms with Crippen molar-refractivity contribution in [1.82, 2.24) is 5.32 Å². The van der Waals surface area contributed by atoms with Gasteiger partial charge in [-0.15, -0.1) is 22.9 Å². The second kappa shape index (κ2) is 6.77. The normalized spacial score (nSPS) is 18.5. The fourth-order valence-corrected chi connectivity index (χ4v) is 2.64. The molecule has 2 rings (SSSR count). The second-order valence-corrected chi connectivity index (χ2v) is 5.47. The second-order valence-electron chi connectivity index (χ2n) is 4.16. The van der Waals surface area contributed by atoms with Gasteiger partial charge >= 0.3 is 6.09 Å². The Morgan fingerprint density at radius 2 is 2.47 bits per heavy atom. The van der Waals surface area contributed by atoms with Crippen molar-refractivity contribution >= 4 is 39.9 Å². The van der Waals surface area contributed by atoms with Gasteiger partial charge in [0, 0.05) is 12.3 Å². The summed E-state index contributed by atoms with van der Waals surface area (Å²) in [5.41, 5.74) is 0. The van der Waals surface area contributed by atoms with Crippen molar-refractivity contribution < 1.29 is 14.3 Å². The zero-order valence-corrected chi connectivity index (χ0v) is 11.9. The van der Waals surface area contributed by atoms with Crippen LogP contribution in [0.1, 0.15) is 12.8 Å². The molecule has 0 aliphatic carbocycles. The van der Waals surface area contributed by atoms with Crippen molar-refractivity contribution in [2.75, 3.05) is 23.9 Å². The molecule has 1 aliphatic heterocycles. The molecule has 1 aromatic heterocycles. The maximum Gasteiger partial charge on any atom is 0.415 e. The van der Waals surface area contributed by atoms with E-state index in [0.717, 1.165) is 5.00 Å². The van der Waals surface area contributed by atoms with E-state index < -0.39 is 0 Å². The minimum Gasteiger partial charge on any atom is -0.442 e. The summed E-state index contributed by atoms with van der Waals surface area (Å²) in [4.78, 5) is 24.7. The monoisotopic (exact) mass is 302 g/mol. The fraction of sp³-hybridized carbons (Fsp3) is 0.500. The number of thiophene rings is 1. The first-order chi connectivity index (χ1) is 9.20. The van der Waals surface area contributed by atoms with Crippen molar-refractivity contribution in [3.8, 4) is 0 Å². The maximum absolute atomic E-state index is 11.7. The Labute approximate surface area is 120 Å². The van der Waals surface area contributed by atoms with Gasteiger partial charge in [-0.3, -0.25) is 9.69 Å². The molecule has 7 heteroatoms. The highest BCUT2D eigenvalue weighted by molar-refractivity contribution is 7.14. The topological polar surface area (TPSA) is 58.6 Å². The van der Waals surface area contributed by atoms with Gasteiger partial charge in [0.2, 0.25) is 5.91 Å². The summed E-state index contributed by atoms with van der Waals surface area (Å²) >= 11 is 7.00. The molecule has 2 amide bonds. The number of nitrogens with one attached hydrogen (secondary N) is 1. The molecule has 104 valence electrons. The lowest BCUT2D eigenvalue weighted by Crippen LogP contribution is -2.34. The first-order valence-corrected chi connectivity index (χ1v) is 7.46. The van der Waals surface area contributed by atoms with Crippen molar-refractivity contribution in [2.24, 2.45) is 0 Å². The number of hydrogen-bond donors (Lipinski definition) is 1. The number of anilines is 1. The summed E-state index contributed by atoms with van der Waals surface area (Å²) in [6.07, 6.45) is 0.398. The highest BCUT2D eigenvalue weighted by atomic mass is 35.5. The lowest BCUT2D eigenvalue weighted by Gasteiger charge is -2.10. The van der Waals surface area contributed by atoms with Gasteiger partial charge in [0.25, 0.3) is 0 Å². The van der Waals surface area contributed by atoms with Crippen LogP contribution in [0.3, 0.4) is 0 Å². The third-order valence-corrected chi connectivity index (χ3v) is 3.87. The molecule has 1 atom stereocenters. The molecule has 0 bridgehead atoms. The van der Waals surface area contributed by atoms with Crippen LogP contribution in [0.25, 0.3) is 0 Å². The molecule has 1 N–H and O–H groups in total. The van der Waals surface area contributed by atoms with Crippen molar-refractivity contribution in [1.29, 1.82) is 0 Å². The van der Waals surface area contributed by atoms with Crippen LogP contribution in [0.15, 0.2) is 17.5 Å². The van der Waals surface area contributed by atoms with Gasteiger partial charge in [-0.05, 0) is 23.9 Å². The van der Waals surface area contributed by atoms with Gasteiger partial charge in [0.05, 0.1) is 13.1 Å². The smallest absolute Gasteiger partial charge is 0.415 e. The molecule has 0 saturated carbocycles. The lowest BCUT2D eigenvalue weighted by molar-refractivity contribution is -0.121. The summed E-state index contributed by atoms with van der Waals surface area (Å²) in [5, 5.41) is 5.52. The van der Waals surface area contributed by atoms with E-state index in [9.17, 15) is 9.59 Å². The Balaban J connectivity index is 1.78. The number of cyclic esters (lactones) is 1. The Kier molecular flexibility index (Phi) is 5.04. The molecule has 0 spiro atoms. The average molecular weight is 303 g/mol. The van der Waals surface area contributed by atoms with Crippen molar-refractivity contribution in [3.05, 3.63) is 17.5 Å². The quantitative estimate of drug-likeness (QED) is 0.820. The number of halogens is 1. The molecule has 1 saturated heterocycles. The van der Waals surface area contributed by atoms with Crippen LogP contribution in [-0.4, -0.2) is 37.1 Å². The number of nitrogens with zero attached hydrogens (tertiary/aromatic N) is 1. The predicted octanol–water partition coefficient (Wildman–Crippen LogP) is 2.21. The van der Waals surface area contributed by atoms with E-state index in [4.69, 9.17) is 16.3 Å². The van der Waals surface area contributed by atoms with E-state index >= 15 is 0 Å². The minimum absolute atomic E-state index is 0.0636. The maximum atomic E-state index is 11.7. The number of amides is 2. The van der Waals surface area contributed by atoms with Gasteiger partial charge < -0.3 is 10.1 Å². The van der Waals surface area contributed by atoms with Crippen LogP contribution < -0.4 is 10.2 Å². The van der Waals surface area contributed by atoms with Crippen LogP contribution in [0.2, 0.25) is 0 Å². The molecular weight excluding hydrogens is 288 g/mol. The van der Waals surface area contributed by atoms with Crippen LogP contribution in [0, 0.1) is 0 Å². The zero-order chi connectivity index (χ0) is 13.7. The van der Waals surface area contributed by atoms with Crippen molar-refractivity contribution in [2.45, 2.75) is 18.9 Å². The van der Waals surface area contributed by atoms with Gasteiger partial charge in [-0.2, -0.15) is 0 Å². The lowest BCUT2D eigenvalue weighted by atomic mass is 10.3. The standard InChI is InChI=1S/C12H15ClN2O3S/c13-5-1-3-10(16)14-7-9-8-15(12(17)18-9)11-4-2-6-19-11/h2,4,6,9H,1,3,5,7-8H2,(H,14,16). The van der Waals surface area contributed by atoms with E-state index in [1.165, 1.54) is 11.3 Å². The van der Waals surface area contributed by atoms with Gasteiger partial charge in [-0.25, -0.2) is 4.79 Å². The number of carbonyl (C=O) groups is 2.